The van der Waals surface area contributed by atoms with Crippen LogP contribution in [-0.2, 0) is 16.0 Å². The number of carbonyl (C=O) groups is 2. The van der Waals surface area contributed by atoms with Gasteiger partial charge in [-0.1, -0.05) is 37.6 Å². The van der Waals surface area contributed by atoms with Crippen LogP contribution in [0.15, 0.2) is 24.3 Å². The third-order valence-electron chi connectivity index (χ3n) is 4.46. The van der Waals surface area contributed by atoms with Crippen molar-refractivity contribution < 1.29 is 9.59 Å². The van der Waals surface area contributed by atoms with E-state index in [1.165, 1.54) is 5.56 Å². The number of hydrogen-bond donors (Lipinski definition) is 0. The average Bonchev–Trinajstić information content (AvgIpc) is 2.52. The SMILES string of the molecule is CCCCN(C)C(=O)CC1c2ccccc2CCN1C(C)=O. The molecule has 4 heteroatoms. The molecule has 1 aliphatic heterocycles. The largest absolute Gasteiger partial charge is 0.346 e. The molecule has 1 aliphatic rings. The highest BCUT2D eigenvalue weighted by molar-refractivity contribution is 5.79. The van der Waals surface area contributed by atoms with E-state index in [1.807, 2.05) is 24.1 Å². The lowest BCUT2D eigenvalue weighted by Crippen LogP contribution is -2.41. The van der Waals surface area contributed by atoms with Gasteiger partial charge in [0.15, 0.2) is 0 Å². The minimum atomic E-state index is -0.126. The molecular formula is C18H26N2O2. The van der Waals surface area contributed by atoms with E-state index in [9.17, 15) is 9.59 Å². The minimum absolute atomic E-state index is 0.0449. The summed E-state index contributed by atoms with van der Waals surface area (Å²) in [6.07, 6.45) is 3.33. The van der Waals surface area contributed by atoms with E-state index in [0.29, 0.717) is 13.0 Å². The zero-order chi connectivity index (χ0) is 16.1. The maximum absolute atomic E-state index is 12.5. The fourth-order valence-corrected chi connectivity index (χ4v) is 3.09. The fourth-order valence-electron chi connectivity index (χ4n) is 3.09. The van der Waals surface area contributed by atoms with E-state index in [2.05, 4.69) is 19.1 Å². The molecule has 0 bridgehead atoms. The van der Waals surface area contributed by atoms with Gasteiger partial charge in [-0.2, -0.15) is 0 Å². The van der Waals surface area contributed by atoms with Crippen molar-refractivity contribution in [2.24, 2.45) is 0 Å². The normalized spacial score (nSPS) is 17.0. The van der Waals surface area contributed by atoms with Gasteiger partial charge in [-0.15, -0.1) is 0 Å². The highest BCUT2D eigenvalue weighted by Gasteiger charge is 2.31. The topological polar surface area (TPSA) is 40.6 Å². The second kappa shape index (κ2) is 7.43. The molecule has 120 valence electrons. The van der Waals surface area contributed by atoms with Crippen LogP contribution >= 0.6 is 0 Å². The first-order valence-electron chi connectivity index (χ1n) is 8.13. The van der Waals surface area contributed by atoms with Crippen molar-refractivity contribution in [3.63, 3.8) is 0 Å². The summed E-state index contributed by atoms with van der Waals surface area (Å²) < 4.78 is 0. The van der Waals surface area contributed by atoms with E-state index < -0.39 is 0 Å². The third-order valence-corrected chi connectivity index (χ3v) is 4.46. The number of unbranched alkanes of at least 4 members (excludes halogenated alkanes) is 1. The van der Waals surface area contributed by atoms with Crippen LogP contribution < -0.4 is 0 Å². The van der Waals surface area contributed by atoms with Crippen LogP contribution in [0, 0.1) is 0 Å². The minimum Gasteiger partial charge on any atom is -0.346 e. The van der Waals surface area contributed by atoms with Crippen LogP contribution in [0.3, 0.4) is 0 Å². The van der Waals surface area contributed by atoms with E-state index in [0.717, 1.165) is 31.4 Å². The Balaban J connectivity index is 2.17. The lowest BCUT2D eigenvalue weighted by molar-refractivity contribution is -0.136. The molecule has 1 heterocycles. The second-order valence-corrected chi connectivity index (χ2v) is 6.05. The van der Waals surface area contributed by atoms with E-state index in [4.69, 9.17) is 0 Å². The first-order chi connectivity index (χ1) is 10.5. The number of rotatable bonds is 5. The molecule has 1 unspecified atom stereocenters. The second-order valence-electron chi connectivity index (χ2n) is 6.05. The Morgan fingerprint density at radius 2 is 2.05 bits per heavy atom. The molecule has 0 saturated heterocycles. The van der Waals surface area contributed by atoms with Gasteiger partial charge in [0.25, 0.3) is 0 Å². The van der Waals surface area contributed by atoms with Crippen molar-refractivity contribution >= 4 is 11.8 Å². The molecule has 2 rings (SSSR count). The van der Waals surface area contributed by atoms with Gasteiger partial charge in [-0.05, 0) is 24.0 Å². The van der Waals surface area contributed by atoms with Crippen LogP contribution in [0.4, 0.5) is 0 Å². The lowest BCUT2D eigenvalue weighted by Gasteiger charge is -2.37. The summed E-state index contributed by atoms with van der Waals surface area (Å²) >= 11 is 0. The molecule has 4 nitrogen and oxygen atoms in total. The molecule has 0 saturated carbocycles. The van der Waals surface area contributed by atoms with Crippen molar-refractivity contribution in [1.29, 1.82) is 0 Å². The molecule has 0 N–H and O–H groups in total. The van der Waals surface area contributed by atoms with Gasteiger partial charge in [-0.3, -0.25) is 9.59 Å². The zero-order valence-corrected chi connectivity index (χ0v) is 13.8. The summed E-state index contributed by atoms with van der Waals surface area (Å²) in [5, 5.41) is 0. The third kappa shape index (κ3) is 3.67. The zero-order valence-electron chi connectivity index (χ0n) is 13.8. The van der Waals surface area contributed by atoms with E-state index in [-0.39, 0.29) is 17.9 Å². The number of nitrogens with zero attached hydrogens (tertiary/aromatic N) is 2. The Kier molecular flexibility index (Phi) is 5.58. The van der Waals surface area contributed by atoms with Gasteiger partial charge in [0, 0.05) is 27.1 Å². The Morgan fingerprint density at radius 3 is 2.73 bits per heavy atom. The number of hydrogen-bond acceptors (Lipinski definition) is 2. The van der Waals surface area contributed by atoms with Crippen LogP contribution in [0.2, 0.25) is 0 Å². The van der Waals surface area contributed by atoms with Crippen LogP contribution in [0.25, 0.3) is 0 Å². The number of amides is 2. The summed E-state index contributed by atoms with van der Waals surface area (Å²) in [5.41, 5.74) is 2.38. The highest BCUT2D eigenvalue weighted by Crippen LogP contribution is 2.32. The van der Waals surface area contributed by atoms with Gasteiger partial charge in [-0.25, -0.2) is 0 Å². The van der Waals surface area contributed by atoms with Crippen LogP contribution in [-0.4, -0.2) is 41.8 Å². The molecule has 1 atom stereocenters. The standard InChI is InChI=1S/C18H26N2O2/c1-4-5-11-19(3)18(22)13-17-16-9-7-6-8-15(16)10-12-20(17)14(2)21/h6-9,17H,4-5,10-13H2,1-3H3. The molecule has 1 aromatic rings. The Morgan fingerprint density at radius 1 is 1.32 bits per heavy atom. The molecule has 1 aromatic carbocycles. The first-order valence-corrected chi connectivity index (χ1v) is 8.13. The van der Waals surface area contributed by atoms with E-state index >= 15 is 0 Å². The summed E-state index contributed by atoms with van der Waals surface area (Å²) in [6.45, 7) is 5.19. The molecule has 0 aliphatic carbocycles. The average molecular weight is 302 g/mol. The number of carbonyl (C=O) groups excluding carboxylic acids is 2. The molecule has 2 amide bonds. The summed E-state index contributed by atoms with van der Waals surface area (Å²) in [7, 11) is 1.85. The number of fused-ring (bicyclic) bond motifs is 1. The smallest absolute Gasteiger partial charge is 0.224 e. The van der Waals surface area contributed by atoms with Gasteiger partial charge in [0.1, 0.15) is 0 Å². The van der Waals surface area contributed by atoms with Crippen LogP contribution in [0.5, 0.6) is 0 Å². The van der Waals surface area contributed by atoms with Gasteiger partial charge >= 0.3 is 0 Å². The van der Waals surface area contributed by atoms with Gasteiger partial charge < -0.3 is 9.80 Å². The highest BCUT2D eigenvalue weighted by atomic mass is 16.2. The molecule has 0 aromatic heterocycles. The monoisotopic (exact) mass is 302 g/mol. The predicted molar refractivity (Wildman–Crippen MR) is 87.4 cm³/mol. The summed E-state index contributed by atoms with van der Waals surface area (Å²) in [4.78, 5) is 28.1. The van der Waals surface area contributed by atoms with Crippen LogP contribution in [0.1, 0.15) is 50.3 Å². The van der Waals surface area contributed by atoms with Gasteiger partial charge in [0.05, 0.1) is 12.5 Å². The molecule has 0 radical (unpaired) electrons. The molecule has 0 fully saturated rings. The van der Waals surface area contributed by atoms with Crippen molar-refractivity contribution in [1.82, 2.24) is 9.80 Å². The summed E-state index contributed by atoms with van der Waals surface area (Å²) in [6, 6.07) is 8.04. The first kappa shape index (κ1) is 16.5. The van der Waals surface area contributed by atoms with E-state index in [1.54, 1.807) is 11.8 Å². The van der Waals surface area contributed by atoms with Crippen molar-refractivity contribution in [2.75, 3.05) is 20.1 Å². The van der Waals surface area contributed by atoms with Gasteiger partial charge in [0.2, 0.25) is 11.8 Å². The Bertz CT molecular complexity index is 542. The predicted octanol–water partition coefficient (Wildman–Crippen LogP) is 2.78. The maximum Gasteiger partial charge on any atom is 0.224 e. The summed E-state index contributed by atoms with van der Waals surface area (Å²) in [5.74, 6) is 0.157. The fraction of sp³-hybridized carbons (Fsp3) is 0.556. The Labute approximate surface area is 133 Å². The molecule has 22 heavy (non-hydrogen) atoms. The number of benzene rings is 1. The lowest BCUT2D eigenvalue weighted by atomic mass is 9.90. The van der Waals surface area contributed by atoms with Crippen molar-refractivity contribution in [3.8, 4) is 0 Å². The maximum atomic E-state index is 12.5. The Hall–Kier alpha value is -1.84. The van der Waals surface area contributed by atoms with Crippen molar-refractivity contribution in [2.45, 2.75) is 45.6 Å². The van der Waals surface area contributed by atoms with Crippen molar-refractivity contribution in [3.05, 3.63) is 35.4 Å². The molecular weight excluding hydrogens is 276 g/mol. The molecule has 0 spiro atoms. The quantitative estimate of drug-likeness (QED) is 0.839.